The highest BCUT2D eigenvalue weighted by Gasteiger charge is 2.36. The molecule has 0 bridgehead atoms. The Morgan fingerprint density at radius 2 is 1.69 bits per heavy atom. The minimum absolute atomic E-state index is 0.0229. The molecule has 1 amide bonds. The SMILES string of the molecule is Cc1ccc(NS(=O)(=O)c2ccc(N3C(=O)CCS3(=O)=O)cc2)c(C)c1. The van der Waals surface area contributed by atoms with Crippen LogP contribution in [0, 0.1) is 13.8 Å². The fraction of sp³-hybridized carbons (Fsp3) is 0.235. The van der Waals surface area contributed by atoms with Crippen LogP contribution in [0.5, 0.6) is 0 Å². The summed E-state index contributed by atoms with van der Waals surface area (Å²) in [6.07, 6.45) is -0.0728. The van der Waals surface area contributed by atoms with E-state index in [1.54, 1.807) is 19.1 Å². The zero-order chi connectivity index (χ0) is 19.1. The number of rotatable bonds is 4. The molecule has 0 radical (unpaired) electrons. The summed E-state index contributed by atoms with van der Waals surface area (Å²) >= 11 is 0. The van der Waals surface area contributed by atoms with Crippen molar-refractivity contribution < 1.29 is 21.6 Å². The van der Waals surface area contributed by atoms with Gasteiger partial charge in [-0.15, -0.1) is 0 Å². The van der Waals surface area contributed by atoms with Crippen LogP contribution in [0.15, 0.2) is 47.4 Å². The summed E-state index contributed by atoms with van der Waals surface area (Å²) in [4.78, 5) is 11.8. The third-order valence-electron chi connectivity index (χ3n) is 4.09. The van der Waals surface area contributed by atoms with Crippen LogP contribution in [0.2, 0.25) is 0 Å². The monoisotopic (exact) mass is 394 g/mol. The van der Waals surface area contributed by atoms with Gasteiger partial charge in [0, 0.05) is 6.42 Å². The maximum atomic E-state index is 12.6. The van der Waals surface area contributed by atoms with E-state index in [0.717, 1.165) is 15.4 Å². The summed E-state index contributed by atoms with van der Waals surface area (Å²) in [7, 11) is -7.51. The minimum atomic E-state index is -3.83. The van der Waals surface area contributed by atoms with Gasteiger partial charge in [0.05, 0.1) is 22.0 Å². The summed E-state index contributed by atoms with van der Waals surface area (Å²) in [6.45, 7) is 3.72. The summed E-state index contributed by atoms with van der Waals surface area (Å²) in [6, 6.07) is 10.5. The molecule has 1 N–H and O–H groups in total. The molecule has 3 rings (SSSR count). The van der Waals surface area contributed by atoms with Crippen molar-refractivity contribution in [3.05, 3.63) is 53.6 Å². The number of amides is 1. The van der Waals surface area contributed by atoms with Crippen molar-refractivity contribution in [2.24, 2.45) is 0 Å². The molecule has 138 valence electrons. The molecule has 1 aliphatic heterocycles. The second-order valence-corrected chi connectivity index (χ2v) is 9.76. The average molecular weight is 394 g/mol. The number of nitrogens with zero attached hydrogens (tertiary/aromatic N) is 1. The summed E-state index contributed by atoms with van der Waals surface area (Å²) in [5.41, 5.74) is 2.42. The molecule has 2 aromatic carbocycles. The second kappa shape index (κ2) is 6.40. The molecule has 7 nitrogen and oxygen atoms in total. The average Bonchev–Trinajstić information content (AvgIpc) is 2.83. The minimum Gasteiger partial charge on any atom is -0.279 e. The number of hydrogen-bond donors (Lipinski definition) is 1. The van der Waals surface area contributed by atoms with Gasteiger partial charge in [-0.2, -0.15) is 0 Å². The van der Waals surface area contributed by atoms with Crippen molar-refractivity contribution in [3.63, 3.8) is 0 Å². The van der Waals surface area contributed by atoms with Crippen LogP contribution in [-0.2, 0) is 24.8 Å². The summed E-state index contributed by atoms with van der Waals surface area (Å²) < 4.78 is 52.2. The number of carbonyl (C=O) groups excluding carboxylic acids is 1. The van der Waals surface area contributed by atoms with E-state index in [9.17, 15) is 21.6 Å². The molecular weight excluding hydrogens is 376 g/mol. The maximum Gasteiger partial charge on any atom is 0.261 e. The predicted molar refractivity (Wildman–Crippen MR) is 99.1 cm³/mol. The number of aryl methyl sites for hydroxylation is 2. The number of benzene rings is 2. The van der Waals surface area contributed by atoms with Crippen molar-refractivity contribution >= 4 is 37.3 Å². The van der Waals surface area contributed by atoms with Crippen molar-refractivity contribution in [1.29, 1.82) is 0 Å². The molecule has 1 heterocycles. The summed E-state index contributed by atoms with van der Waals surface area (Å²) in [5.74, 6) is -0.755. The van der Waals surface area contributed by atoms with Crippen LogP contribution in [0.3, 0.4) is 0 Å². The Balaban J connectivity index is 1.89. The van der Waals surface area contributed by atoms with Gasteiger partial charge in [-0.05, 0) is 49.7 Å². The molecule has 1 fully saturated rings. The Morgan fingerprint density at radius 1 is 1.04 bits per heavy atom. The quantitative estimate of drug-likeness (QED) is 0.856. The highest BCUT2D eigenvalue weighted by Crippen LogP contribution is 2.27. The number of nitrogens with one attached hydrogen (secondary N) is 1. The highest BCUT2D eigenvalue weighted by molar-refractivity contribution is 7.94. The number of sulfonamides is 2. The fourth-order valence-electron chi connectivity index (χ4n) is 2.76. The van der Waals surface area contributed by atoms with Gasteiger partial charge in [-0.3, -0.25) is 9.52 Å². The third kappa shape index (κ3) is 3.45. The first-order valence-electron chi connectivity index (χ1n) is 7.86. The second-order valence-electron chi connectivity index (χ2n) is 6.14. The summed E-state index contributed by atoms with van der Waals surface area (Å²) in [5, 5.41) is 0. The Hall–Kier alpha value is -2.39. The van der Waals surface area contributed by atoms with Gasteiger partial charge in [-0.1, -0.05) is 17.7 Å². The molecule has 0 unspecified atom stereocenters. The first-order chi connectivity index (χ1) is 12.1. The number of anilines is 2. The van der Waals surface area contributed by atoms with E-state index < -0.39 is 26.0 Å². The molecule has 0 spiro atoms. The van der Waals surface area contributed by atoms with Crippen molar-refractivity contribution in [3.8, 4) is 0 Å². The standard InChI is InChI=1S/C17H18N2O5S2/c1-12-3-8-16(13(2)11-12)18-26(23,24)15-6-4-14(5-7-15)19-17(20)9-10-25(19,21)22/h3-8,11,18H,9-10H2,1-2H3. The normalized spacial score (nSPS) is 16.7. The van der Waals surface area contributed by atoms with E-state index in [1.165, 1.54) is 24.3 Å². The first kappa shape index (κ1) is 18.4. The van der Waals surface area contributed by atoms with Crippen LogP contribution < -0.4 is 9.03 Å². The molecular formula is C17H18N2O5S2. The Labute approximate surface area is 152 Å². The van der Waals surface area contributed by atoms with Crippen molar-refractivity contribution in [2.75, 3.05) is 14.8 Å². The van der Waals surface area contributed by atoms with Crippen LogP contribution in [0.1, 0.15) is 17.5 Å². The maximum absolute atomic E-state index is 12.6. The van der Waals surface area contributed by atoms with E-state index in [4.69, 9.17) is 0 Å². The van der Waals surface area contributed by atoms with E-state index >= 15 is 0 Å². The lowest BCUT2D eigenvalue weighted by molar-refractivity contribution is -0.116. The van der Waals surface area contributed by atoms with Gasteiger partial charge in [0.1, 0.15) is 0 Å². The first-order valence-corrected chi connectivity index (χ1v) is 11.0. The fourth-order valence-corrected chi connectivity index (χ4v) is 5.35. The van der Waals surface area contributed by atoms with E-state index in [2.05, 4.69) is 4.72 Å². The van der Waals surface area contributed by atoms with Gasteiger partial charge in [-0.25, -0.2) is 21.1 Å². The van der Waals surface area contributed by atoms with E-state index in [0.29, 0.717) is 5.69 Å². The van der Waals surface area contributed by atoms with E-state index in [-0.39, 0.29) is 22.8 Å². The zero-order valence-electron chi connectivity index (χ0n) is 14.3. The molecule has 0 saturated carbocycles. The number of carbonyl (C=O) groups is 1. The Bertz CT molecular complexity index is 1070. The molecule has 9 heteroatoms. The van der Waals surface area contributed by atoms with Crippen LogP contribution in [0.4, 0.5) is 11.4 Å². The molecule has 1 saturated heterocycles. The zero-order valence-corrected chi connectivity index (χ0v) is 15.9. The van der Waals surface area contributed by atoms with Gasteiger partial charge in [0.15, 0.2) is 0 Å². The lowest BCUT2D eigenvalue weighted by Crippen LogP contribution is -2.29. The van der Waals surface area contributed by atoms with Crippen LogP contribution in [-0.4, -0.2) is 28.5 Å². The predicted octanol–water partition coefficient (Wildman–Crippen LogP) is 2.17. The van der Waals surface area contributed by atoms with Crippen LogP contribution >= 0.6 is 0 Å². The number of hydrogen-bond acceptors (Lipinski definition) is 5. The molecule has 26 heavy (non-hydrogen) atoms. The van der Waals surface area contributed by atoms with Gasteiger partial charge in [0.2, 0.25) is 15.9 Å². The van der Waals surface area contributed by atoms with Crippen molar-refractivity contribution in [2.45, 2.75) is 25.2 Å². The van der Waals surface area contributed by atoms with Gasteiger partial charge >= 0.3 is 0 Å². The van der Waals surface area contributed by atoms with Gasteiger partial charge in [0.25, 0.3) is 10.0 Å². The molecule has 2 aromatic rings. The van der Waals surface area contributed by atoms with Gasteiger partial charge < -0.3 is 0 Å². The molecule has 0 aliphatic carbocycles. The molecule has 0 aromatic heterocycles. The lowest BCUT2D eigenvalue weighted by atomic mass is 10.1. The molecule has 0 atom stereocenters. The Morgan fingerprint density at radius 3 is 2.23 bits per heavy atom. The third-order valence-corrected chi connectivity index (χ3v) is 7.16. The largest absolute Gasteiger partial charge is 0.279 e. The topological polar surface area (TPSA) is 101 Å². The van der Waals surface area contributed by atoms with Crippen LogP contribution in [0.25, 0.3) is 0 Å². The highest BCUT2D eigenvalue weighted by atomic mass is 32.2. The van der Waals surface area contributed by atoms with E-state index in [1.807, 2.05) is 13.0 Å². The molecule has 1 aliphatic rings. The van der Waals surface area contributed by atoms with Crippen molar-refractivity contribution in [1.82, 2.24) is 0 Å². The Kier molecular flexibility index (Phi) is 4.53. The smallest absolute Gasteiger partial charge is 0.261 e. The lowest BCUT2D eigenvalue weighted by Gasteiger charge is -2.16.